The average molecular weight is 394 g/mol. The van der Waals surface area contributed by atoms with E-state index in [9.17, 15) is 14.7 Å². The zero-order chi connectivity index (χ0) is 14.2. The molecule has 1 aromatic rings. The standard InChI is InChI=1S/C12H10Br2O5/c13-6-3-7-10(8(14)4-6)19-2-1-12(7,11(17)18)5-9(15)16/h3-4H,1-2,5H2,(H,15,16)(H,17,18). The smallest absolute Gasteiger partial charge is 0.315 e. The Bertz CT molecular complexity index is 557. The molecule has 0 bridgehead atoms. The molecule has 1 heterocycles. The Hall–Kier alpha value is -1.08. The molecular formula is C12H10Br2O5. The van der Waals surface area contributed by atoms with Gasteiger partial charge in [0.2, 0.25) is 0 Å². The number of hydrogen-bond acceptors (Lipinski definition) is 3. The third-order valence-electron chi connectivity index (χ3n) is 3.16. The average Bonchev–Trinajstić information content (AvgIpc) is 2.29. The van der Waals surface area contributed by atoms with Gasteiger partial charge in [0, 0.05) is 16.5 Å². The zero-order valence-electron chi connectivity index (χ0n) is 9.65. The van der Waals surface area contributed by atoms with E-state index in [4.69, 9.17) is 9.84 Å². The van der Waals surface area contributed by atoms with E-state index in [0.29, 0.717) is 20.3 Å². The van der Waals surface area contributed by atoms with E-state index in [0.717, 1.165) is 0 Å². The van der Waals surface area contributed by atoms with E-state index in [-0.39, 0.29) is 13.0 Å². The monoisotopic (exact) mass is 392 g/mol. The minimum atomic E-state index is -1.45. The van der Waals surface area contributed by atoms with Crippen LogP contribution >= 0.6 is 31.9 Å². The normalized spacial score (nSPS) is 21.4. The Labute approximate surface area is 125 Å². The first-order valence-corrected chi connectivity index (χ1v) is 7.03. The second kappa shape index (κ2) is 5.13. The highest BCUT2D eigenvalue weighted by atomic mass is 79.9. The van der Waals surface area contributed by atoms with Gasteiger partial charge in [0.05, 0.1) is 17.5 Å². The maximum Gasteiger partial charge on any atom is 0.315 e. The first kappa shape index (κ1) is 14.3. The molecule has 0 saturated carbocycles. The number of aliphatic carboxylic acids is 2. The van der Waals surface area contributed by atoms with Gasteiger partial charge >= 0.3 is 11.9 Å². The van der Waals surface area contributed by atoms with Crippen LogP contribution in [-0.2, 0) is 15.0 Å². The van der Waals surface area contributed by atoms with Gasteiger partial charge in [0.15, 0.2) is 0 Å². The van der Waals surface area contributed by atoms with Crippen molar-refractivity contribution in [2.45, 2.75) is 18.3 Å². The summed E-state index contributed by atoms with van der Waals surface area (Å²) in [5.41, 5.74) is -1.07. The zero-order valence-corrected chi connectivity index (χ0v) is 12.8. The molecular weight excluding hydrogens is 384 g/mol. The molecule has 0 spiro atoms. The Morgan fingerprint density at radius 2 is 2.00 bits per heavy atom. The molecule has 2 rings (SSSR count). The van der Waals surface area contributed by atoms with Gasteiger partial charge in [-0.25, -0.2) is 0 Å². The Morgan fingerprint density at radius 1 is 1.32 bits per heavy atom. The number of rotatable bonds is 3. The maximum atomic E-state index is 11.6. The van der Waals surface area contributed by atoms with E-state index in [2.05, 4.69) is 31.9 Å². The number of carboxylic acids is 2. The molecule has 0 aliphatic carbocycles. The summed E-state index contributed by atoms with van der Waals surface area (Å²) in [4.78, 5) is 22.7. The molecule has 19 heavy (non-hydrogen) atoms. The fraction of sp³-hybridized carbons (Fsp3) is 0.333. The van der Waals surface area contributed by atoms with Gasteiger partial charge < -0.3 is 14.9 Å². The second-order valence-corrected chi connectivity index (χ2v) is 6.09. The van der Waals surface area contributed by atoms with Crippen LogP contribution in [0.5, 0.6) is 5.75 Å². The van der Waals surface area contributed by atoms with Crippen molar-refractivity contribution in [3.05, 3.63) is 26.6 Å². The van der Waals surface area contributed by atoms with Gasteiger partial charge in [-0.05, 0) is 28.1 Å². The minimum Gasteiger partial charge on any atom is -0.492 e. The molecule has 1 aliphatic heterocycles. The van der Waals surface area contributed by atoms with Crippen molar-refractivity contribution in [2.24, 2.45) is 0 Å². The summed E-state index contributed by atoms with van der Waals surface area (Å²) in [5.74, 6) is -1.89. The largest absolute Gasteiger partial charge is 0.492 e. The Balaban J connectivity index is 2.67. The van der Waals surface area contributed by atoms with Crippen LogP contribution in [0.4, 0.5) is 0 Å². The highest BCUT2D eigenvalue weighted by Crippen LogP contribution is 2.46. The number of carbonyl (C=O) groups is 2. The topological polar surface area (TPSA) is 83.8 Å². The molecule has 0 fully saturated rings. The van der Waals surface area contributed by atoms with E-state index >= 15 is 0 Å². The number of fused-ring (bicyclic) bond motifs is 1. The molecule has 0 aromatic heterocycles. The van der Waals surface area contributed by atoms with Crippen molar-refractivity contribution < 1.29 is 24.5 Å². The number of benzene rings is 1. The van der Waals surface area contributed by atoms with Gasteiger partial charge in [-0.1, -0.05) is 15.9 Å². The molecule has 1 aromatic carbocycles. The van der Waals surface area contributed by atoms with Crippen molar-refractivity contribution in [2.75, 3.05) is 6.61 Å². The van der Waals surface area contributed by atoms with Gasteiger partial charge in [-0.3, -0.25) is 9.59 Å². The van der Waals surface area contributed by atoms with E-state index in [1.54, 1.807) is 12.1 Å². The van der Waals surface area contributed by atoms with Crippen LogP contribution in [-0.4, -0.2) is 28.8 Å². The van der Waals surface area contributed by atoms with Gasteiger partial charge in [0.25, 0.3) is 0 Å². The number of carboxylic acid groups (broad SMARTS) is 2. The summed E-state index contributed by atoms with van der Waals surface area (Å²) in [5, 5.41) is 18.5. The Morgan fingerprint density at radius 3 is 2.58 bits per heavy atom. The Kier molecular flexibility index (Phi) is 3.87. The van der Waals surface area contributed by atoms with Crippen molar-refractivity contribution in [3.63, 3.8) is 0 Å². The summed E-state index contributed by atoms with van der Waals surface area (Å²) < 4.78 is 6.74. The highest BCUT2D eigenvalue weighted by molar-refractivity contribution is 9.11. The van der Waals surface area contributed by atoms with E-state index in [1.807, 2.05) is 0 Å². The first-order valence-electron chi connectivity index (χ1n) is 5.44. The van der Waals surface area contributed by atoms with Gasteiger partial charge in [-0.2, -0.15) is 0 Å². The van der Waals surface area contributed by atoms with Gasteiger partial charge in [-0.15, -0.1) is 0 Å². The highest BCUT2D eigenvalue weighted by Gasteiger charge is 2.47. The third kappa shape index (κ3) is 2.49. The molecule has 102 valence electrons. The summed E-state index contributed by atoms with van der Waals surface area (Å²) in [6.45, 7) is 0.173. The molecule has 7 heteroatoms. The first-order chi connectivity index (χ1) is 8.86. The lowest BCUT2D eigenvalue weighted by atomic mass is 9.73. The molecule has 0 radical (unpaired) electrons. The minimum absolute atomic E-state index is 0.129. The van der Waals surface area contributed by atoms with Crippen molar-refractivity contribution >= 4 is 43.8 Å². The van der Waals surface area contributed by atoms with Crippen LogP contribution < -0.4 is 4.74 Å². The SMILES string of the molecule is O=C(O)CC1(C(=O)O)CCOc2c(Br)cc(Br)cc21. The number of ether oxygens (including phenoxy) is 1. The quantitative estimate of drug-likeness (QED) is 0.824. The van der Waals surface area contributed by atoms with Crippen molar-refractivity contribution in [1.82, 2.24) is 0 Å². The lowest BCUT2D eigenvalue weighted by Crippen LogP contribution is -2.42. The molecule has 1 atom stereocenters. The van der Waals surface area contributed by atoms with Crippen LogP contribution in [0.15, 0.2) is 21.1 Å². The fourth-order valence-corrected chi connectivity index (χ4v) is 3.60. The number of halogens is 2. The van der Waals surface area contributed by atoms with Gasteiger partial charge in [0.1, 0.15) is 11.2 Å². The molecule has 0 amide bonds. The molecule has 5 nitrogen and oxygen atoms in total. The lowest BCUT2D eigenvalue weighted by Gasteiger charge is -2.34. The van der Waals surface area contributed by atoms with E-state index < -0.39 is 23.8 Å². The molecule has 1 unspecified atom stereocenters. The molecule has 2 N–H and O–H groups in total. The number of hydrogen-bond donors (Lipinski definition) is 2. The summed E-state index contributed by atoms with van der Waals surface area (Å²) in [6, 6.07) is 3.34. The molecule has 1 aliphatic rings. The second-order valence-electron chi connectivity index (χ2n) is 4.32. The maximum absolute atomic E-state index is 11.6. The predicted molar refractivity (Wildman–Crippen MR) is 73.5 cm³/mol. The van der Waals surface area contributed by atoms with Crippen LogP contribution in [0, 0.1) is 0 Å². The van der Waals surface area contributed by atoms with Crippen molar-refractivity contribution in [1.29, 1.82) is 0 Å². The summed E-state index contributed by atoms with van der Waals surface area (Å²) in [6.07, 6.45) is -0.341. The predicted octanol–water partition coefficient (Wildman–Crippen LogP) is 2.79. The van der Waals surface area contributed by atoms with Crippen LogP contribution in [0.3, 0.4) is 0 Å². The van der Waals surface area contributed by atoms with E-state index in [1.165, 1.54) is 0 Å². The molecule has 0 saturated heterocycles. The van der Waals surface area contributed by atoms with Crippen LogP contribution in [0.1, 0.15) is 18.4 Å². The lowest BCUT2D eigenvalue weighted by molar-refractivity contribution is -0.151. The third-order valence-corrected chi connectivity index (χ3v) is 4.21. The fourth-order valence-electron chi connectivity index (χ4n) is 2.26. The van der Waals surface area contributed by atoms with Crippen molar-refractivity contribution in [3.8, 4) is 5.75 Å². The van der Waals surface area contributed by atoms with Crippen LogP contribution in [0.2, 0.25) is 0 Å². The van der Waals surface area contributed by atoms with Crippen LogP contribution in [0.25, 0.3) is 0 Å². The summed E-state index contributed by atoms with van der Waals surface area (Å²) >= 11 is 6.59. The summed E-state index contributed by atoms with van der Waals surface area (Å²) in [7, 11) is 0.